The lowest BCUT2D eigenvalue weighted by Crippen LogP contribution is -2.00. The van der Waals surface area contributed by atoms with Crippen molar-refractivity contribution in [3.63, 3.8) is 0 Å². The Morgan fingerprint density at radius 1 is 1.33 bits per heavy atom. The second kappa shape index (κ2) is 5.54. The number of hydrogen-bond acceptors (Lipinski definition) is 2. The van der Waals surface area contributed by atoms with E-state index in [1.807, 2.05) is 0 Å². The van der Waals surface area contributed by atoms with Gasteiger partial charge in [0.05, 0.1) is 7.11 Å². The molecular weight excluding hydrogens is 186 g/mol. The van der Waals surface area contributed by atoms with Crippen molar-refractivity contribution in [3.8, 4) is 0 Å². The molecule has 1 N–H and O–H groups in total. The smallest absolute Gasteiger partial charge is 0.180 e. The van der Waals surface area contributed by atoms with Gasteiger partial charge in [-0.25, -0.2) is 0 Å². The Morgan fingerprint density at radius 3 is 2.67 bits per heavy atom. The molecule has 0 aromatic heterocycles. The lowest BCUT2D eigenvalue weighted by molar-refractivity contribution is 0.384. The molecule has 2 nitrogen and oxygen atoms in total. The molecule has 0 amide bonds. The fourth-order valence-electron chi connectivity index (χ4n) is 1.67. The monoisotopic (exact) mass is 205 g/mol. The maximum Gasteiger partial charge on any atom is 0.180 e. The van der Waals surface area contributed by atoms with Crippen LogP contribution in [-0.2, 0) is 11.2 Å². The molecule has 2 heteroatoms. The van der Waals surface area contributed by atoms with Gasteiger partial charge in [0.1, 0.15) is 0 Å². The highest BCUT2D eigenvalue weighted by atomic mass is 16.5. The Morgan fingerprint density at radius 2 is 2.07 bits per heavy atom. The number of hydrogen-bond donors (Lipinski definition) is 1. The van der Waals surface area contributed by atoms with E-state index >= 15 is 0 Å². The molecule has 0 unspecified atom stereocenters. The molecule has 0 atom stereocenters. The van der Waals surface area contributed by atoms with Gasteiger partial charge in [0.15, 0.2) is 5.90 Å². The minimum absolute atomic E-state index is 0.375. The van der Waals surface area contributed by atoms with E-state index in [1.165, 1.54) is 16.7 Å². The molecule has 0 heterocycles. The first-order chi connectivity index (χ1) is 7.13. The van der Waals surface area contributed by atoms with Gasteiger partial charge in [-0.1, -0.05) is 23.8 Å². The van der Waals surface area contributed by atoms with E-state index in [4.69, 9.17) is 10.1 Å². The summed E-state index contributed by atoms with van der Waals surface area (Å²) < 4.78 is 4.82. The number of methoxy groups -OCH3 is 1. The third kappa shape index (κ3) is 3.74. The molecule has 0 spiro atoms. The topological polar surface area (TPSA) is 33.1 Å². The summed E-state index contributed by atoms with van der Waals surface area (Å²) in [5.41, 5.74) is 4.03. The third-order valence-electron chi connectivity index (χ3n) is 2.59. The van der Waals surface area contributed by atoms with Crippen molar-refractivity contribution in [1.82, 2.24) is 0 Å². The van der Waals surface area contributed by atoms with Crippen LogP contribution in [0.15, 0.2) is 18.2 Å². The molecule has 0 radical (unpaired) electrons. The molecule has 15 heavy (non-hydrogen) atoms. The van der Waals surface area contributed by atoms with Crippen molar-refractivity contribution in [1.29, 1.82) is 5.41 Å². The molecule has 82 valence electrons. The fourth-order valence-corrected chi connectivity index (χ4v) is 1.67. The zero-order chi connectivity index (χ0) is 11.3. The summed E-state index contributed by atoms with van der Waals surface area (Å²) in [6, 6.07) is 6.53. The Labute approximate surface area is 91.8 Å². The maximum atomic E-state index is 7.37. The number of nitrogens with one attached hydrogen (secondary N) is 1. The second-order valence-corrected chi connectivity index (χ2v) is 3.91. The molecule has 1 rings (SSSR count). The highest BCUT2D eigenvalue weighted by Crippen LogP contribution is 2.13. The van der Waals surface area contributed by atoms with Crippen LogP contribution in [0.3, 0.4) is 0 Å². The molecule has 0 bridgehead atoms. The van der Waals surface area contributed by atoms with Gasteiger partial charge < -0.3 is 4.74 Å². The van der Waals surface area contributed by atoms with Gasteiger partial charge in [-0.3, -0.25) is 5.41 Å². The molecule has 0 fully saturated rings. The van der Waals surface area contributed by atoms with E-state index in [-0.39, 0.29) is 0 Å². The summed E-state index contributed by atoms with van der Waals surface area (Å²) in [4.78, 5) is 0. The van der Waals surface area contributed by atoms with Crippen LogP contribution in [0.25, 0.3) is 0 Å². The first kappa shape index (κ1) is 11.8. The molecule has 0 aliphatic heterocycles. The average molecular weight is 205 g/mol. The maximum absolute atomic E-state index is 7.37. The minimum Gasteiger partial charge on any atom is -0.484 e. The number of ether oxygens (including phenoxy) is 1. The van der Waals surface area contributed by atoms with Crippen LogP contribution < -0.4 is 0 Å². The Kier molecular flexibility index (Phi) is 4.35. The fraction of sp³-hybridized carbons (Fsp3) is 0.462. The van der Waals surface area contributed by atoms with Gasteiger partial charge in [0, 0.05) is 6.42 Å². The van der Waals surface area contributed by atoms with Gasteiger partial charge in [0.2, 0.25) is 0 Å². The van der Waals surface area contributed by atoms with Crippen LogP contribution in [0.5, 0.6) is 0 Å². The van der Waals surface area contributed by atoms with Crippen molar-refractivity contribution in [2.75, 3.05) is 7.11 Å². The van der Waals surface area contributed by atoms with Crippen molar-refractivity contribution >= 4 is 5.90 Å². The average Bonchev–Trinajstić information content (AvgIpc) is 2.21. The van der Waals surface area contributed by atoms with E-state index < -0.39 is 0 Å². The Hall–Kier alpha value is -1.31. The summed E-state index contributed by atoms with van der Waals surface area (Å²) in [5.74, 6) is 0.375. The Balaban J connectivity index is 2.47. The summed E-state index contributed by atoms with van der Waals surface area (Å²) in [6.45, 7) is 4.25. The zero-order valence-electron chi connectivity index (χ0n) is 9.76. The molecule has 0 aliphatic carbocycles. The summed E-state index contributed by atoms with van der Waals surface area (Å²) in [6.07, 6.45) is 2.73. The number of aryl methyl sites for hydroxylation is 3. The first-order valence-electron chi connectivity index (χ1n) is 5.31. The third-order valence-corrected chi connectivity index (χ3v) is 2.59. The second-order valence-electron chi connectivity index (χ2n) is 3.91. The SMILES string of the molecule is COC(=N)CCCc1ccc(C)cc1C. The van der Waals surface area contributed by atoms with Crippen LogP contribution in [0.1, 0.15) is 29.5 Å². The van der Waals surface area contributed by atoms with Crippen LogP contribution in [0.2, 0.25) is 0 Å². The van der Waals surface area contributed by atoms with Crippen LogP contribution in [0, 0.1) is 19.3 Å². The lowest BCUT2D eigenvalue weighted by atomic mass is 10.0. The number of rotatable bonds is 4. The standard InChI is InChI=1S/C13H19NO/c1-10-7-8-12(11(2)9-10)5-4-6-13(14)15-3/h7-9,14H,4-6H2,1-3H3. The van der Waals surface area contributed by atoms with E-state index in [0.717, 1.165) is 19.3 Å². The molecule has 0 aliphatic rings. The van der Waals surface area contributed by atoms with Gasteiger partial charge in [-0.2, -0.15) is 0 Å². The van der Waals surface area contributed by atoms with Crippen LogP contribution >= 0.6 is 0 Å². The van der Waals surface area contributed by atoms with Crippen molar-refractivity contribution < 1.29 is 4.74 Å². The molecular formula is C13H19NO. The normalized spacial score (nSPS) is 10.1. The summed E-state index contributed by atoms with van der Waals surface area (Å²) >= 11 is 0. The zero-order valence-corrected chi connectivity index (χ0v) is 9.76. The number of benzene rings is 1. The Bertz CT molecular complexity index is 344. The van der Waals surface area contributed by atoms with Gasteiger partial charge >= 0.3 is 0 Å². The van der Waals surface area contributed by atoms with E-state index in [1.54, 1.807) is 7.11 Å². The van der Waals surface area contributed by atoms with Crippen LogP contribution in [-0.4, -0.2) is 13.0 Å². The largest absolute Gasteiger partial charge is 0.484 e. The summed E-state index contributed by atoms with van der Waals surface area (Å²) in [5, 5.41) is 7.37. The highest BCUT2D eigenvalue weighted by molar-refractivity contribution is 5.72. The molecule has 1 aromatic carbocycles. The van der Waals surface area contributed by atoms with E-state index in [0.29, 0.717) is 5.90 Å². The molecule has 0 saturated heterocycles. The lowest BCUT2D eigenvalue weighted by Gasteiger charge is -2.07. The highest BCUT2D eigenvalue weighted by Gasteiger charge is 2.00. The predicted octanol–water partition coefficient (Wildman–Crippen LogP) is 3.25. The first-order valence-corrected chi connectivity index (χ1v) is 5.31. The van der Waals surface area contributed by atoms with Crippen LogP contribution in [0.4, 0.5) is 0 Å². The molecule has 0 saturated carbocycles. The predicted molar refractivity (Wildman–Crippen MR) is 63.6 cm³/mol. The summed E-state index contributed by atoms with van der Waals surface area (Å²) in [7, 11) is 1.56. The van der Waals surface area contributed by atoms with Crippen molar-refractivity contribution in [2.24, 2.45) is 0 Å². The van der Waals surface area contributed by atoms with Crippen molar-refractivity contribution in [3.05, 3.63) is 34.9 Å². The molecule has 1 aromatic rings. The van der Waals surface area contributed by atoms with Crippen molar-refractivity contribution in [2.45, 2.75) is 33.1 Å². The minimum atomic E-state index is 0.375. The van der Waals surface area contributed by atoms with Gasteiger partial charge in [0.25, 0.3) is 0 Å². The van der Waals surface area contributed by atoms with Gasteiger partial charge in [-0.05, 0) is 37.8 Å². The van der Waals surface area contributed by atoms with E-state index in [2.05, 4.69) is 32.0 Å². The van der Waals surface area contributed by atoms with Gasteiger partial charge in [-0.15, -0.1) is 0 Å². The van der Waals surface area contributed by atoms with E-state index in [9.17, 15) is 0 Å². The quantitative estimate of drug-likeness (QED) is 0.594.